The van der Waals surface area contributed by atoms with Crippen LogP contribution in [0.3, 0.4) is 0 Å². The van der Waals surface area contributed by atoms with Gasteiger partial charge in [-0.3, -0.25) is 0 Å². The average molecular weight is 221 g/mol. The molecule has 4 heteroatoms. The first-order valence-corrected chi connectivity index (χ1v) is 4.03. The van der Waals surface area contributed by atoms with E-state index in [-0.39, 0.29) is 0 Å². The second-order valence-corrected chi connectivity index (χ2v) is 2.83. The molecule has 0 aliphatic carbocycles. The number of aromatic nitrogens is 1. The number of hydrogen-bond donors (Lipinski definition) is 1. The number of hydrogen-bond acceptors (Lipinski definition) is 2. The number of nitrogen functional groups attached to an aromatic ring is 1. The van der Waals surface area contributed by atoms with E-state index >= 15 is 0 Å². The van der Waals surface area contributed by atoms with Crippen molar-refractivity contribution in [2.24, 2.45) is 0 Å². The van der Waals surface area contributed by atoms with E-state index in [9.17, 15) is 0 Å². The maximum absolute atomic E-state index is 5.60. The minimum Gasteiger partial charge on any atom is -0.396 e. The first-order chi connectivity index (χ1) is 4.75. The molecule has 1 heterocycles. The molecule has 1 aromatic heterocycles. The van der Waals surface area contributed by atoms with Crippen molar-refractivity contribution in [3.63, 3.8) is 0 Å². The van der Waals surface area contributed by atoms with E-state index in [1.165, 1.54) is 0 Å². The normalized spacial score (nSPS) is 9.80. The molecule has 0 amide bonds. The van der Waals surface area contributed by atoms with Crippen molar-refractivity contribution in [3.05, 3.63) is 22.4 Å². The molecular formula is C6H6BrClN2. The Balaban J connectivity index is 3.14. The fourth-order valence-electron chi connectivity index (χ4n) is 0.601. The highest BCUT2D eigenvalue weighted by molar-refractivity contribution is 9.10. The van der Waals surface area contributed by atoms with E-state index < -0.39 is 0 Å². The van der Waals surface area contributed by atoms with E-state index in [2.05, 4.69) is 20.9 Å². The topological polar surface area (TPSA) is 38.9 Å². The molecule has 10 heavy (non-hydrogen) atoms. The van der Waals surface area contributed by atoms with E-state index in [1.807, 2.05) is 0 Å². The number of halogens is 2. The van der Waals surface area contributed by atoms with Gasteiger partial charge in [0.05, 0.1) is 5.69 Å². The number of alkyl halides is 1. The summed E-state index contributed by atoms with van der Waals surface area (Å²) in [5.41, 5.74) is 7.13. The Morgan fingerprint density at radius 2 is 2.40 bits per heavy atom. The van der Waals surface area contributed by atoms with Crippen LogP contribution in [0, 0.1) is 0 Å². The van der Waals surface area contributed by atoms with Gasteiger partial charge >= 0.3 is 0 Å². The monoisotopic (exact) mass is 220 g/mol. The first kappa shape index (κ1) is 7.82. The third-order valence-corrected chi connectivity index (χ3v) is 2.10. The van der Waals surface area contributed by atoms with E-state index in [4.69, 9.17) is 17.3 Å². The lowest BCUT2D eigenvalue weighted by molar-refractivity contribution is 1.23. The van der Waals surface area contributed by atoms with Crippen LogP contribution in [0.1, 0.15) is 5.56 Å². The summed E-state index contributed by atoms with van der Waals surface area (Å²) in [4.78, 5) is 3.92. The molecule has 54 valence electrons. The highest BCUT2D eigenvalue weighted by Gasteiger charge is 2.00. The van der Waals surface area contributed by atoms with Crippen LogP contribution in [0.15, 0.2) is 16.9 Å². The molecule has 0 aliphatic heterocycles. The minimum atomic E-state index is 0.424. The maximum Gasteiger partial charge on any atom is 0.129 e. The van der Waals surface area contributed by atoms with Gasteiger partial charge in [-0.1, -0.05) is 0 Å². The van der Waals surface area contributed by atoms with Gasteiger partial charge in [0.15, 0.2) is 0 Å². The zero-order valence-electron chi connectivity index (χ0n) is 5.14. The lowest BCUT2D eigenvalue weighted by Gasteiger charge is -2.00. The molecule has 1 aromatic rings. The van der Waals surface area contributed by atoms with Crippen LogP contribution in [-0.2, 0) is 5.88 Å². The van der Waals surface area contributed by atoms with Crippen LogP contribution in [0.4, 0.5) is 5.69 Å². The maximum atomic E-state index is 5.60. The minimum absolute atomic E-state index is 0.424. The number of nitrogens with two attached hydrogens (primary N) is 1. The second kappa shape index (κ2) is 3.21. The highest BCUT2D eigenvalue weighted by Crippen LogP contribution is 2.21. The van der Waals surface area contributed by atoms with Gasteiger partial charge in [-0.2, -0.15) is 0 Å². The standard InChI is InChI=1S/C6H6BrClN2/c7-6-5(9)4(3-8)1-2-10-6/h1-2H,3,9H2. The van der Waals surface area contributed by atoms with Gasteiger partial charge in [-0.25, -0.2) is 4.98 Å². The highest BCUT2D eigenvalue weighted by atomic mass is 79.9. The Morgan fingerprint density at radius 3 is 2.90 bits per heavy atom. The van der Waals surface area contributed by atoms with E-state index in [0.717, 1.165) is 5.56 Å². The number of pyridine rings is 1. The van der Waals surface area contributed by atoms with Crippen molar-refractivity contribution in [2.75, 3.05) is 5.73 Å². The lowest BCUT2D eigenvalue weighted by atomic mass is 10.3. The molecular weight excluding hydrogens is 215 g/mol. The second-order valence-electron chi connectivity index (χ2n) is 1.81. The molecule has 0 spiro atoms. The van der Waals surface area contributed by atoms with Gasteiger partial charge in [0, 0.05) is 12.1 Å². The number of anilines is 1. The van der Waals surface area contributed by atoms with Gasteiger partial charge in [0.25, 0.3) is 0 Å². The van der Waals surface area contributed by atoms with Crippen LogP contribution >= 0.6 is 27.5 Å². The Labute approximate surface area is 72.5 Å². The first-order valence-electron chi connectivity index (χ1n) is 2.70. The molecule has 1 rings (SSSR count). The molecule has 0 aliphatic rings. The van der Waals surface area contributed by atoms with Crippen LogP contribution < -0.4 is 5.73 Å². The van der Waals surface area contributed by atoms with E-state index in [0.29, 0.717) is 16.2 Å². The van der Waals surface area contributed by atoms with Crippen LogP contribution in [0.2, 0.25) is 0 Å². The molecule has 0 fully saturated rings. The lowest BCUT2D eigenvalue weighted by Crippen LogP contribution is -1.94. The summed E-state index contributed by atoms with van der Waals surface area (Å²) in [6.07, 6.45) is 1.66. The number of rotatable bonds is 1. The predicted molar refractivity (Wildman–Crippen MR) is 45.9 cm³/mol. The van der Waals surface area contributed by atoms with Crippen LogP contribution in [0.25, 0.3) is 0 Å². The summed E-state index contributed by atoms with van der Waals surface area (Å²) < 4.78 is 0.658. The van der Waals surface area contributed by atoms with Crippen LogP contribution in [-0.4, -0.2) is 4.98 Å². The molecule has 0 unspecified atom stereocenters. The summed E-state index contributed by atoms with van der Waals surface area (Å²) in [6.45, 7) is 0. The Morgan fingerprint density at radius 1 is 1.70 bits per heavy atom. The predicted octanol–water partition coefficient (Wildman–Crippen LogP) is 2.17. The van der Waals surface area contributed by atoms with Crippen molar-refractivity contribution >= 4 is 33.2 Å². The third kappa shape index (κ3) is 1.41. The quantitative estimate of drug-likeness (QED) is 0.583. The van der Waals surface area contributed by atoms with E-state index in [1.54, 1.807) is 12.3 Å². The van der Waals surface area contributed by atoms with Crippen molar-refractivity contribution in [1.29, 1.82) is 0 Å². The Bertz CT molecular complexity index is 239. The molecule has 0 aromatic carbocycles. The van der Waals surface area contributed by atoms with Crippen molar-refractivity contribution < 1.29 is 0 Å². The smallest absolute Gasteiger partial charge is 0.129 e. The molecule has 0 bridgehead atoms. The summed E-state index contributed by atoms with van der Waals surface area (Å²) in [7, 11) is 0. The van der Waals surface area contributed by atoms with Gasteiger partial charge in [0.2, 0.25) is 0 Å². The molecule has 0 atom stereocenters. The summed E-state index contributed by atoms with van der Waals surface area (Å²) in [6, 6.07) is 1.80. The fourth-order valence-corrected chi connectivity index (χ4v) is 1.21. The molecule has 2 nitrogen and oxygen atoms in total. The van der Waals surface area contributed by atoms with Crippen molar-refractivity contribution in [1.82, 2.24) is 4.98 Å². The zero-order chi connectivity index (χ0) is 7.56. The van der Waals surface area contributed by atoms with Crippen LogP contribution in [0.5, 0.6) is 0 Å². The molecule has 2 N–H and O–H groups in total. The third-order valence-electron chi connectivity index (χ3n) is 1.18. The Hall–Kier alpha value is -0.280. The van der Waals surface area contributed by atoms with Gasteiger partial charge < -0.3 is 5.73 Å². The van der Waals surface area contributed by atoms with Gasteiger partial charge in [-0.15, -0.1) is 11.6 Å². The Kier molecular flexibility index (Phi) is 2.51. The van der Waals surface area contributed by atoms with Gasteiger partial charge in [0.1, 0.15) is 4.60 Å². The molecule has 0 radical (unpaired) electrons. The molecule has 0 saturated carbocycles. The largest absolute Gasteiger partial charge is 0.396 e. The van der Waals surface area contributed by atoms with Gasteiger partial charge in [-0.05, 0) is 27.6 Å². The number of nitrogens with zero attached hydrogens (tertiary/aromatic N) is 1. The summed E-state index contributed by atoms with van der Waals surface area (Å²) >= 11 is 8.77. The SMILES string of the molecule is Nc1c(CCl)ccnc1Br. The summed E-state index contributed by atoms with van der Waals surface area (Å²) in [5, 5.41) is 0. The average Bonchev–Trinajstić information content (AvgIpc) is 1.95. The fraction of sp³-hybridized carbons (Fsp3) is 0.167. The van der Waals surface area contributed by atoms with Crippen molar-refractivity contribution in [2.45, 2.75) is 5.88 Å². The molecule has 0 saturated heterocycles. The van der Waals surface area contributed by atoms with Crippen molar-refractivity contribution in [3.8, 4) is 0 Å². The summed E-state index contributed by atoms with van der Waals surface area (Å²) in [5.74, 6) is 0.424. The zero-order valence-corrected chi connectivity index (χ0v) is 7.48.